The summed E-state index contributed by atoms with van der Waals surface area (Å²) in [5.41, 5.74) is 2.87. The van der Waals surface area contributed by atoms with E-state index in [-0.39, 0.29) is 6.04 Å². The minimum Gasteiger partial charge on any atom is -0.423 e. The van der Waals surface area contributed by atoms with E-state index < -0.39 is 7.12 Å². The summed E-state index contributed by atoms with van der Waals surface area (Å²) in [5.74, 6) is 0. The highest BCUT2D eigenvalue weighted by Gasteiger charge is 2.19. The lowest BCUT2D eigenvalue weighted by Crippen LogP contribution is -2.30. The van der Waals surface area contributed by atoms with Crippen LogP contribution >= 0.6 is 0 Å². The zero-order valence-electron chi connectivity index (χ0n) is 14.0. The van der Waals surface area contributed by atoms with Gasteiger partial charge in [0, 0.05) is 44.2 Å². The second-order valence-corrected chi connectivity index (χ2v) is 5.64. The molecule has 3 aromatic heterocycles. The van der Waals surface area contributed by atoms with Crippen LogP contribution in [0.2, 0.25) is 0 Å². The lowest BCUT2D eigenvalue weighted by molar-refractivity contribution is 0.181. The van der Waals surface area contributed by atoms with Crippen molar-refractivity contribution >= 4 is 12.6 Å². The Morgan fingerprint density at radius 3 is 2.68 bits per heavy atom. The highest BCUT2D eigenvalue weighted by atomic mass is 16.5. The van der Waals surface area contributed by atoms with Gasteiger partial charge in [-0.1, -0.05) is 11.3 Å². The molecule has 3 rings (SSSR count). The van der Waals surface area contributed by atoms with Gasteiger partial charge in [0.1, 0.15) is 0 Å². The van der Waals surface area contributed by atoms with Crippen LogP contribution in [0, 0.1) is 0 Å². The van der Waals surface area contributed by atoms with Crippen LogP contribution < -0.4 is 5.46 Å². The summed E-state index contributed by atoms with van der Waals surface area (Å²) in [5, 5.41) is 30.7. The highest BCUT2D eigenvalue weighted by Crippen LogP contribution is 2.23. The number of ether oxygens (including phenoxy) is 1. The lowest BCUT2D eigenvalue weighted by atomic mass is 9.81. The number of rotatable bonds is 7. The van der Waals surface area contributed by atoms with Crippen molar-refractivity contribution in [2.45, 2.75) is 12.5 Å². The summed E-state index contributed by atoms with van der Waals surface area (Å²) in [4.78, 5) is 4.35. The second kappa shape index (κ2) is 7.56. The number of aryl methyl sites for hydroxylation is 1. The predicted molar refractivity (Wildman–Crippen MR) is 90.9 cm³/mol. The Balaban J connectivity index is 1.90. The second-order valence-electron chi connectivity index (χ2n) is 5.64. The minimum absolute atomic E-state index is 0.139. The maximum Gasteiger partial charge on any atom is 0.490 e. The Bertz CT molecular complexity index is 817. The van der Waals surface area contributed by atoms with E-state index in [2.05, 4.69) is 20.4 Å². The molecule has 0 aliphatic heterocycles. The molecule has 130 valence electrons. The van der Waals surface area contributed by atoms with Gasteiger partial charge >= 0.3 is 7.12 Å². The fraction of sp³-hybridized carbons (Fsp3) is 0.333. The zero-order chi connectivity index (χ0) is 17.8. The number of hydrogen-bond acceptors (Lipinski definition) is 7. The molecule has 25 heavy (non-hydrogen) atoms. The summed E-state index contributed by atoms with van der Waals surface area (Å²) < 4.78 is 8.70. The van der Waals surface area contributed by atoms with Gasteiger partial charge in [-0.15, -0.1) is 5.10 Å². The minimum atomic E-state index is -1.53. The average Bonchev–Trinajstić information content (AvgIpc) is 3.24. The molecule has 3 heterocycles. The summed E-state index contributed by atoms with van der Waals surface area (Å²) in [6.45, 7) is 0.541. The van der Waals surface area contributed by atoms with Crippen LogP contribution in [-0.2, 0) is 11.8 Å². The standard InChI is InChI=1S/C15H19BN6O3/c1-21-15(9-18-20-21)11-7-19-22(10-11)14(5-6-25-2)13-4-3-12(8-17-13)16(23)24/h3-4,7-10,14,23-24H,5-6H2,1-2H3. The molecular formula is C15H19BN6O3. The lowest BCUT2D eigenvalue weighted by Gasteiger charge is -2.17. The highest BCUT2D eigenvalue weighted by molar-refractivity contribution is 6.58. The first kappa shape index (κ1) is 17.3. The van der Waals surface area contributed by atoms with Crippen molar-refractivity contribution in [2.75, 3.05) is 13.7 Å². The summed E-state index contributed by atoms with van der Waals surface area (Å²) in [7, 11) is 1.93. The fourth-order valence-corrected chi connectivity index (χ4v) is 2.60. The molecule has 0 saturated heterocycles. The summed E-state index contributed by atoms with van der Waals surface area (Å²) >= 11 is 0. The molecule has 2 N–H and O–H groups in total. The molecule has 0 saturated carbocycles. The summed E-state index contributed by atoms with van der Waals surface area (Å²) in [6.07, 6.45) is 7.48. The number of aromatic nitrogens is 6. The van der Waals surface area contributed by atoms with Gasteiger partial charge in [0.05, 0.1) is 29.8 Å². The average molecular weight is 342 g/mol. The Kier molecular flexibility index (Phi) is 5.22. The number of pyridine rings is 1. The van der Waals surface area contributed by atoms with E-state index in [0.717, 1.165) is 17.0 Å². The van der Waals surface area contributed by atoms with Crippen LogP contribution in [0.3, 0.4) is 0 Å². The van der Waals surface area contributed by atoms with Gasteiger partial charge in [-0.25, -0.2) is 4.68 Å². The summed E-state index contributed by atoms with van der Waals surface area (Å²) in [6, 6.07) is 3.27. The van der Waals surface area contributed by atoms with Crippen LogP contribution in [0.5, 0.6) is 0 Å². The molecule has 0 bridgehead atoms. The van der Waals surface area contributed by atoms with Crippen molar-refractivity contribution in [1.82, 2.24) is 29.8 Å². The van der Waals surface area contributed by atoms with E-state index in [0.29, 0.717) is 18.5 Å². The monoisotopic (exact) mass is 342 g/mol. The van der Waals surface area contributed by atoms with Gasteiger partial charge in [-0.3, -0.25) is 9.67 Å². The number of hydrogen-bond donors (Lipinski definition) is 2. The van der Waals surface area contributed by atoms with Crippen molar-refractivity contribution in [3.8, 4) is 11.3 Å². The van der Waals surface area contributed by atoms with Crippen molar-refractivity contribution in [3.63, 3.8) is 0 Å². The van der Waals surface area contributed by atoms with Gasteiger partial charge < -0.3 is 14.8 Å². The van der Waals surface area contributed by atoms with E-state index >= 15 is 0 Å². The maximum absolute atomic E-state index is 9.21. The molecule has 0 spiro atoms. The van der Waals surface area contributed by atoms with Crippen LogP contribution in [0.1, 0.15) is 18.2 Å². The molecule has 9 nitrogen and oxygen atoms in total. The van der Waals surface area contributed by atoms with Crippen molar-refractivity contribution < 1.29 is 14.8 Å². The third-order valence-corrected chi connectivity index (χ3v) is 3.98. The third-order valence-electron chi connectivity index (χ3n) is 3.98. The first-order valence-corrected chi connectivity index (χ1v) is 7.80. The largest absolute Gasteiger partial charge is 0.490 e. The van der Waals surface area contributed by atoms with Crippen molar-refractivity contribution in [2.24, 2.45) is 7.05 Å². The molecule has 1 unspecified atom stereocenters. The molecular weight excluding hydrogens is 323 g/mol. The Labute approximate surface area is 145 Å². The van der Waals surface area contributed by atoms with E-state index in [4.69, 9.17) is 4.74 Å². The normalized spacial score (nSPS) is 12.3. The van der Waals surface area contributed by atoms with Crippen LogP contribution in [0.4, 0.5) is 0 Å². The smallest absolute Gasteiger partial charge is 0.423 e. The van der Waals surface area contributed by atoms with Crippen LogP contribution in [0.25, 0.3) is 11.3 Å². The van der Waals surface area contributed by atoms with E-state index in [1.54, 1.807) is 36.3 Å². The number of nitrogens with zero attached hydrogens (tertiary/aromatic N) is 6. The quantitative estimate of drug-likeness (QED) is 0.551. The van der Waals surface area contributed by atoms with Crippen molar-refractivity contribution in [3.05, 3.63) is 42.6 Å². The van der Waals surface area contributed by atoms with Crippen LogP contribution in [0.15, 0.2) is 36.9 Å². The van der Waals surface area contributed by atoms with Gasteiger partial charge in [-0.05, 0) is 12.5 Å². The van der Waals surface area contributed by atoms with Gasteiger partial charge in [-0.2, -0.15) is 5.10 Å². The molecule has 0 amide bonds. The molecule has 1 atom stereocenters. The van der Waals surface area contributed by atoms with Gasteiger partial charge in [0.2, 0.25) is 0 Å². The first-order valence-electron chi connectivity index (χ1n) is 7.80. The molecule has 0 aliphatic carbocycles. The van der Waals surface area contributed by atoms with Gasteiger partial charge in [0.25, 0.3) is 0 Å². The molecule has 10 heteroatoms. The fourth-order valence-electron chi connectivity index (χ4n) is 2.60. The predicted octanol–water partition coefficient (Wildman–Crippen LogP) is -0.621. The molecule has 3 aromatic rings. The van der Waals surface area contributed by atoms with E-state index in [9.17, 15) is 10.0 Å². The van der Waals surface area contributed by atoms with E-state index in [1.807, 2.05) is 17.9 Å². The van der Waals surface area contributed by atoms with Crippen molar-refractivity contribution in [1.29, 1.82) is 0 Å². The Morgan fingerprint density at radius 2 is 2.08 bits per heavy atom. The topological polar surface area (TPSA) is 111 Å². The molecule has 0 radical (unpaired) electrons. The number of methoxy groups -OCH3 is 1. The van der Waals surface area contributed by atoms with Crippen LogP contribution in [-0.4, -0.2) is 60.6 Å². The zero-order valence-corrected chi connectivity index (χ0v) is 14.0. The Hall–Kier alpha value is -2.56. The van der Waals surface area contributed by atoms with Gasteiger partial charge in [0.15, 0.2) is 0 Å². The molecule has 0 aliphatic rings. The Morgan fingerprint density at radius 1 is 1.24 bits per heavy atom. The molecule has 0 aromatic carbocycles. The third kappa shape index (κ3) is 3.76. The SMILES string of the molecule is COCCC(c1ccc(B(O)O)cn1)n1cc(-c2cnnn2C)cn1. The maximum atomic E-state index is 9.21. The van der Waals surface area contributed by atoms with E-state index in [1.165, 1.54) is 6.20 Å². The molecule has 0 fully saturated rings. The first-order chi connectivity index (χ1) is 12.1.